The number of rotatable bonds is 4. The summed E-state index contributed by atoms with van der Waals surface area (Å²) in [6.45, 7) is 0.786. The van der Waals surface area contributed by atoms with E-state index >= 15 is 0 Å². The summed E-state index contributed by atoms with van der Waals surface area (Å²) in [4.78, 5) is 12.6. The fraction of sp³-hybridized carbons (Fsp3) is 0.235. The van der Waals surface area contributed by atoms with E-state index < -0.39 is 0 Å². The number of methoxy groups -OCH3 is 1. The molecule has 21 heavy (non-hydrogen) atoms. The Bertz CT molecular complexity index is 684. The fourth-order valence-corrected chi connectivity index (χ4v) is 2.94. The number of carbonyl (C=O) groups excluding carboxylic acids is 1. The number of halogens is 1. The lowest BCUT2D eigenvalue weighted by atomic mass is 9.93. The van der Waals surface area contributed by atoms with Crippen LogP contribution in [0.2, 0.25) is 5.02 Å². The van der Waals surface area contributed by atoms with Crippen LogP contribution >= 0.6 is 11.6 Å². The van der Waals surface area contributed by atoms with Crippen LogP contribution in [0.3, 0.4) is 0 Å². The van der Waals surface area contributed by atoms with E-state index in [1.165, 1.54) is 5.56 Å². The van der Waals surface area contributed by atoms with Gasteiger partial charge in [0, 0.05) is 29.6 Å². The maximum absolute atomic E-state index is 12.6. The van der Waals surface area contributed by atoms with Gasteiger partial charge < -0.3 is 10.1 Å². The number of Topliss-reactive ketones (excluding diaryl/α,β-unsaturated/α-hetero) is 1. The zero-order valence-electron chi connectivity index (χ0n) is 11.7. The summed E-state index contributed by atoms with van der Waals surface area (Å²) in [7, 11) is 1.56. The number of anilines is 1. The SMILES string of the molecule is COc1ccc(Cl)cc1C(=O)CC1CNc2ccccc21. The molecule has 1 N–H and O–H groups in total. The molecule has 1 unspecified atom stereocenters. The van der Waals surface area contributed by atoms with Gasteiger partial charge in [0.05, 0.1) is 12.7 Å². The molecule has 1 aliphatic heterocycles. The third-order valence-electron chi connectivity index (χ3n) is 3.83. The van der Waals surface area contributed by atoms with Crippen LogP contribution in [0.1, 0.15) is 28.3 Å². The molecule has 0 amide bonds. The smallest absolute Gasteiger partial charge is 0.167 e. The third-order valence-corrected chi connectivity index (χ3v) is 4.07. The largest absolute Gasteiger partial charge is 0.496 e. The van der Waals surface area contributed by atoms with Crippen molar-refractivity contribution in [1.82, 2.24) is 0 Å². The van der Waals surface area contributed by atoms with Gasteiger partial charge in [-0.1, -0.05) is 29.8 Å². The van der Waals surface area contributed by atoms with E-state index in [-0.39, 0.29) is 11.7 Å². The first-order chi connectivity index (χ1) is 10.2. The van der Waals surface area contributed by atoms with E-state index in [2.05, 4.69) is 11.4 Å². The van der Waals surface area contributed by atoms with Crippen LogP contribution in [0.4, 0.5) is 5.69 Å². The van der Waals surface area contributed by atoms with Crippen molar-refractivity contribution in [1.29, 1.82) is 0 Å². The number of ketones is 1. The molecular weight excluding hydrogens is 286 g/mol. The van der Waals surface area contributed by atoms with Crippen LogP contribution in [0.15, 0.2) is 42.5 Å². The fourth-order valence-electron chi connectivity index (χ4n) is 2.77. The molecule has 3 nitrogen and oxygen atoms in total. The van der Waals surface area contributed by atoms with Crippen molar-refractivity contribution in [2.75, 3.05) is 19.0 Å². The molecule has 0 saturated heterocycles. The van der Waals surface area contributed by atoms with E-state index in [9.17, 15) is 4.79 Å². The van der Waals surface area contributed by atoms with E-state index in [0.29, 0.717) is 22.8 Å². The highest BCUT2D eigenvalue weighted by molar-refractivity contribution is 6.31. The van der Waals surface area contributed by atoms with Gasteiger partial charge in [-0.2, -0.15) is 0 Å². The summed E-state index contributed by atoms with van der Waals surface area (Å²) in [5.41, 5.74) is 2.87. The van der Waals surface area contributed by atoms with Crippen LogP contribution in [0.5, 0.6) is 5.75 Å². The van der Waals surface area contributed by atoms with E-state index in [4.69, 9.17) is 16.3 Å². The average molecular weight is 302 g/mol. The number of nitrogens with one attached hydrogen (secondary N) is 1. The van der Waals surface area contributed by atoms with Crippen molar-refractivity contribution in [3.05, 3.63) is 58.6 Å². The zero-order valence-corrected chi connectivity index (χ0v) is 12.5. The molecule has 108 valence electrons. The second-order valence-electron chi connectivity index (χ2n) is 5.14. The van der Waals surface area contributed by atoms with Gasteiger partial charge in [-0.05, 0) is 29.8 Å². The first-order valence-electron chi connectivity index (χ1n) is 6.88. The minimum absolute atomic E-state index is 0.0536. The van der Waals surface area contributed by atoms with Gasteiger partial charge in [0.1, 0.15) is 5.75 Å². The first kappa shape index (κ1) is 14.0. The zero-order chi connectivity index (χ0) is 14.8. The minimum Gasteiger partial charge on any atom is -0.496 e. The second-order valence-corrected chi connectivity index (χ2v) is 5.57. The number of carbonyl (C=O) groups is 1. The van der Waals surface area contributed by atoms with Gasteiger partial charge in [-0.15, -0.1) is 0 Å². The molecule has 0 spiro atoms. The summed E-state index contributed by atoms with van der Waals surface area (Å²) < 4.78 is 5.26. The van der Waals surface area contributed by atoms with Crippen molar-refractivity contribution in [3.63, 3.8) is 0 Å². The molecule has 0 radical (unpaired) electrons. The number of ether oxygens (including phenoxy) is 1. The molecule has 1 heterocycles. The number of para-hydroxylation sites is 1. The van der Waals surface area contributed by atoms with Gasteiger partial charge in [-0.25, -0.2) is 0 Å². The monoisotopic (exact) mass is 301 g/mol. The van der Waals surface area contributed by atoms with E-state index in [1.807, 2.05) is 18.2 Å². The Morgan fingerprint density at radius 2 is 2.14 bits per heavy atom. The molecular formula is C17H16ClNO2. The topological polar surface area (TPSA) is 38.3 Å². The number of hydrogen-bond acceptors (Lipinski definition) is 3. The summed E-state index contributed by atoms with van der Waals surface area (Å²) in [5.74, 6) is 0.818. The Kier molecular flexibility index (Phi) is 3.84. The summed E-state index contributed by atoms with van der Waals surface area (Å²) >= 11 is 6.00. The predicted octanol–water partition coefficient (Wildman–Crippen LogP) is 4.13. The van der Waals surface area contributed by atoms with Crippen molar-refractivity contribution >= 4 is 23.1 Å². The predicted molar refractivity (Wildman–Crippen MR) is 84.6 cm³/mol. The quantitative estimate of drug-likeness (QED) is 0.863. The van der Waals surface area contributed by atoms with Gasteiger partial charge in [0.25, 0.3) is 0 Å². The molecule has 0 bridgehead atoms. The van der Waals surface area contributed by atoms with Crippen molar-refractivity contribution in [3.8, 4) is 5.75 Å². The standard InChI is InChI=1S/C17H16ClNO2/c1-21-17-7-6-12(18)9-14(17)16(20)8-11-10-19-15-5-3-2-4-13(11)15/h2-7,9,11,19H,8,10H2,1H3. The number of fused-ring (bicyclic) bond motifs is 1. The molecule has 3 rings (SSSR count). The van der Waals surface area contributed by atoms with Crippen molar-refractivity contribution in [2.45, 2.75) is 12.3 Å². The number of hydrogen-bond donors (Lipinski definition) is 1. The Balaban J connectivity index is 1.83. The maximum atomic E-state index is 12.6. The second kappa shape index (κ2) is 5.78. The Morgan fingerprint density at radius 1 is 1.33 bits per heavy atom. The Morgan fingerprint density at radius 3 is 2.95 bits per heavy atom. The molecule has 2 aromatic carbocycles. The molecule has 0 aliphatic carbocycles. The van der Waals surface area contributed by atoms with Gasteiger partial charge in [0.15, 0.2) is 5.78 Å². The van der Waals surface area contributed by atoms with Crippen LogP contribution in [-0.2, 0) is 0 Å². The molecule has 0 aromatic heterocycles. The number of benzene rings is 2. The Labute approximate surface area is 128 Å². The molecule has 1 aliphatic rings. The normalized spacial score (nSPS) is 16.2. The van der Waals surface area contributed by atoms with Crippen LogP contribution < -0.4 is 10.1 Å². The summed E-state index contributed by atoms with van der Waals surface area (Å²) in [6.07, 6.45) is 0.445. The maximum Gasteiger partial charge on any atom is 0.167 e. The van der Waals surface area contributed by atoms with Gasteiger partial charge in [0.2, 0.25) is 0 Å². The molecule has 0 saturated carbocycles. The highest BCUT2D eigenvalue weighted by Crippen LogP contribution is 2.35. The van der Waals surface area contributed by atoms with E-state index in [0.717, 1.165) is 12.2 Å². The van der Waals surface area contributed by atoms with Crippen LogP contribution in [-0.4, -0.2) is 19.4 Å². The van der Waals surface area contributed by atoms with Crippen LogP contribution in [0, 0.1) is 0 Å². The summed E-state index contributed by atoms with van der Waals surface area (Å²) in [6, 6.07) is 13.2. The lowest BCUT2D eigenvalue weighted by Crippen LogP contribution is -2.10. The van der Waals surface area contributed by atoms with Crippen molar-refractivity contribution < 1.29 is 9.53 Å². The molecule has 1 atom stereocenters. The highest BCUT2D eigenvalue weighted by Gasteiger charge is 2.25. The molecule has 4 heteroatoms. The van der Waals surface area contributed by atoms with E-state index in [1.54, 1.807) is 25.3 Å². The Hall–Kier alpha value is -2.00. The third kappa shape index (κ3) is 2.74. The van der Waals surface area contributed by atoms with Crippen LogP contribution in [0.25, 0.3) is 0 Å². The molecule has 0 fully saturated rings. The molecule has 2 aromatic rings. The minimum atomic E-state index is 0.0536. The first-order valence-corrected chi connectivity index (χ1v) is 7.26. The van der Waals surface area contributed by atoms with Gasteiger partial charge >= 0.3 is 0 Å². The van der Waals surface area contributed by atoms with Gasteiger partial charge in [-0.3, -0.25) is 4.79 Å². The lowest BCUT2D eigenvalue weighted by Gasteiger charge is -2.12. The lowest BCUT2D eigenvalue weighted by molar-refractivity contribution is 0.0972. The summed E-state index contributed by atoms with van der Waals surface area (Å²) in [5, 5.41) is 3.88. The highest BCUT2D eigenvalue weighted by atomic mass is 35.5. The average Bonchev–Trinajstić information content (AvgIpc) is 2.90. The van der Waals surface area contributed by atoms with Crippen molar-refractivity contribution in [2.24, 2.45) is 0 Å².